The molecule has 1 unspecified atom stereocenters. The number of hydrazone groups is 1. The molecule has 0 aliphatic carbocycles. The fourth-order valence-electron chi connectivity index (χ4n) is 2.67. The zero-order valence-corrected chi connectivity index (χ0v) is 19.8. The summed E-state index contributed by atoms with van der Waals surface area (Å²) in [7, 11) is -5.32. The predicted octanol–water partition coefficient (Wildman–Crippen LogP) is 5.67. The van der Waals surface area contributed by atoms with Gasteiger partial charge in [0.1, 0.15) is 0 Å². The third kappa shape index (κ3) is 8.89. The summed E-state index contributed by atoms with van der Waals surface area (Å²) >= 11 is 0. The molecule has 1 aromatic rings. The Balaban J connectivity index is 2.79. The first kappa shape index (κ1) is 23.6. The molecule has 0 spiro atoms. The molecule has 0 heterocycles. The van der Waals surface area contributed by atoms with E-state index in [0.717, 1.165) is 36.6 Å². The molecule has 0 amide bonds. The molecule has 1 atom stereocenters. The van der Waals surface area contributed by atoms with Crippen LogP contribution in [0.15, 0.2) is 45.9 Å². The lowest BCUT2D eigenvalue weighted by molar-refractivity contribution is 0.507. The first-order chi connectivity index (χ1) is 12.4. The van der Waals surface area contributed by atoms with Gasteiger partial charge in [0.05, 0.1) is 13.0 Å². The number of sulfonamides is 1. The van der Waals surface area contributed by atoms with Crippen LogP contribution in [-0.2, 0) is 10.0 Å². The first-order valence-corrected chi connectivity index (χ1v) is 14.7. The minimum atomic E-state index is -3.62. The highest BCUT2D eigenvalue weighted by Crippen LogP contribution is 2.18. The van der Waals surface area contributed by atoms with E-state index in [9.17, 15) is 8.42 Å². The second kappa shape index (κ2) is 10.2. The van der Waals surface area contributed by atoms with Gasteiger partial charge in [0.2, 0.25) is 0 Å². The average Bonchev–Trinajstić information content (AvgIpc) is 2.53. The number of rotatable bonds is 10. The maximum absolute atomic E-state index is 12.5. The Morgan fingerprint density at radius 3 is 2.26 bits per heavy atom. The lowest BCUT2D eigenvalue weighted by Gasteiger charge is -2.21. The van der Waals surface area contributed by atoms with E-state index >= 15 is 0 Å². The third-order valence-electron chi connectivity index (χ3n) is 4.58. The lowest BCUT2D eigenvalue weighted by atomic mass is 9.99. The average molecular weight is 409 g/mol. The Bertz CT molecular complexity index is 756. The van der Waals surface area contributed by atoms with Crippen molar-refractivity contribution in [1.82, 2.24) is 4.83 Å². The molecule has 4 nitrogen and oxygen atoms in total. The smallest absolute Gasteiger partial charge is 0.201 e. The van der Waals surface area contributed by atoms with Gasteiger partial charge < -0.3 is 0 Å². The summed E-state index contributed by atoms with van der Waals surface area (Å²) < 4.78 is 25.0. The molecular weight excluding hydrogens is 372 g/mol. The molecule has 1 aromatic carbocycles. The number of allylic oxidation sites excluding steroid dienone is 2. The van der Waals surface area contributed by atoms with E-state index in [1.165, 1.54) is 5.57 Å². The van der Waals surface area contributed by atoms with Gasteiger partial charge in [-0.05, 0) is 64.5 Å². The van der Waals surface area contributed by atoms with Crippen LogP contribution < -0.4 is 4.83 Å². The molecule has 0 saturated heterocycles. The fraction of sp³-hybridized carbons (Fsp3) is 0.571. The van der Waals surface area contributed by atoms with Gasteiger partial charge >= 0.3 is 0 Å². The summed E-state index contributed by atoms with van der Waals surface area (Å²) in [5, 5.41) is 5.40. The van der Waals surface area contributed by atoms with Crippen molar-refractivity contribution in [2.24, 2.45) is 11.0 Å². The Labute approximate surface area is 167 Å². The topological polar surface area (TPSA) is 58.5 Å². The fourth-order valence-corrected chi connectivity index (χ4v) is 4.86. The van der Waals surface area contributed by atoms with Crippen LogP contribution in [0.2, 0.25) is 19.6 Å². The van der Waals surface area contributed by atoms with Crippen LogP contribution >= 0.6 is 0 Å². The van der Waals surface area contributed by atoms with Gasteiger partial charge in [0.25, 0.3) is 10.0 Å². The molecule has 0 bridgehead atoms. The number of hydrogen-bond donors (Lipinski definition) is 1. The van der Waals surface area contributed by atoms with Crippen LogP contribution in [-0.4, -0.2) is 21.8 Å². The largest absolute Gasteiger partial charge is 0.276 e. The molecule has 0 aliphatic heterocycles. The van der Waals surface area contributed by atoms with Crippen LogP contribution in [0.25, 0.3) is 0 Å². The second-order valence-corrected chi connectivity index (χ2v) is 15.5. The molecule has 0 saturated carbocycles. The molecule has 152 valence electrons. The first-order valence-electron chi connectivity index (χ1n) is 9.70. The minimum Gasteiger partial charge on any atom is -0.201 e. The van der Waals surface area contributed by atoms with Gasteiger partial charge in [0.15, 0.2) is 0 Å². The van der Waals surface area contributed by atoms with E-state index in [4.69, 9.17) is 0 Å². The quantitative estimate of drug-likeness (QED) is 0.235. The normalized spacial score (nSPS) is 14.0. The minimum absolute atomic E-state index is 0.252. The molecule has 27 heavy (non-hydrogen) atoms. The van der Waals surface area contributed by atoms with E-state index in [1.54, 1.807) is 24.3 Å². The summed E-state index contributed by atoms with van der Waals surface area (Å²) in [5.74, 6) is 0.593. The highest BCUT2D eigenvalue weighted by Gasteiger charge is 2.23. The van der Waals surface area contributed by atoms with Crippen molar-refractivity contribution >= 4 is 23.4 Å². The van der Waals surface area contributed by atoms with Crippen molar-refractivity contribution in [2.75, 3.05) is 0 Å². The molecule has 1 N–H and O–H groups in total. The van der Waals surface area contributed by atoms with Gasteiger partial charge in [-0.3, -0.25) is 0 Å². The van der Waals surface area contributed by atoms with Gasteiger partial charge in [-0.15, -0.1) is 0 Å². The van der Waals surface area contributed by atoms with Gasteiger partial charge in [-0.2, -0.15) is 13.5 Å². The Hall–Kier alpha value is -1.40. The molecule has 0 radical (unpaired) electrons. The zero-order chi connectivity index (χ0) is 20.7. The molecular formula is C21H36N2O2SSi. The van der Waals surface area contributed by atoms with Crippen molar-refractivity contribution in [1.29, 1.82) is 0 Å². The number of nitrogens with one attached hydrogen (secondary N) is 1. The van der Waals surface area contributed by atoms with Crippen LogP contribution in [0.1, 0.15) is 52.0 Å². The van der Waals surface area contributed by atoms with Crippen molar-refractivity contribution in [3.05, 3.63) is 41.5 Å². The van der Waals surface area contributed by atoms with Crippen LogP contribution in [0, 0.1) is 12.8 Å². The van der Waals surface area contributed by atoms with E-state index in [-0.39, 0.29) is 4.90 Å². The molecule has 0 aromatic heterocycles. The van der Waals surface area contributed by atoms with Crippen LogP contribution in [0.3, 0.4) is 0 Å². The Morgan fingerprint density at radius 1 is 1.15 bits per heavy atom. The third-order valence-corrected chi connectivity index (χ3v) is 7.90. The molecule has 0 fully saturated rings. The van der Waals surface area contributed by atoms with Crippen molar-refractivity contribution < 1.29 is 8.42 Å². The van der Waals surface area contributed by atoms with E-state index in [2.05, 4.69) is 56.4 Å². The van der Waals surface area contributed by atoms with E-state index in [0.29, 0.717) is 5.92 Å². The van der Waals surface area contributed by atoms with Crippen LogP contribution in [0.4, 0.5) is 0 Å². The highest BCUT2D eigenvalue weighted by atomic mass is 32.2. The molecule has 6 heteroatoms. The van der Waals surface area contributed by atoms with Crippen molar-refractivity contribution in [2.45, 2.75) is 77.9 Å². The number of benzene rings is 1. The van der Waals surface area contributed by atoms with Gasteiger partial charge in [-0.25, -0.2) is 4.83 Å². The maximum Gasteiger partial charge on any atom is 0.276 e. The lowest BCUT2D eigenvalue weighted by Crippen LogP contribution is -2.36. The Morgan fingerprint density at radius 2 is 1.74 bits per heavy atom. The molecule has 1 rings (SSSR count). The number of nitrogens with zero attached hydrogens (tertiary/aromatic N) is 1. The monoisotopic (exact) mass is 408 g/mol. The van der Waals surface area contributed by atoms with E-state index in [1.807, 2.05) is 6.92 Å². The van der Waals surface area contributed by atoms with E-state index < -0.39 is 18.1 Å². The number of aryl methyl sites for hydroxylation is 1. The Kier molecular flexibility index (Phi) is 8.95. The summed E-state index contributed by atoms with van der Waals surface area (Å²) in [6.07, 6.45) is 6.41. The SMILES string of the molecule is CC(C)=CCCC(C)CC/C(=N/NS(=O)(=O)c1ccc(C)cc1)[Si](C)(C)C. The predicted molar refractivity (Wildman–Crippen MR) is 119 cm³/mol. The summed E-state index contributed by atoms with van der Waals surface area (Å²) in [6, 6.07) is 6.83. The van der Waals surface area contributed by atoms with Crippen molar-refractivity contribution in [3.8, 4) is 0 Å². The summed E-state index contributed by atoms with van der Waals surface area (Å²) in [6.45, 7) is 15.1. The second-order valence-electron chi connectivity index (χ2n) is 8.72. The maximum atomic E-state index is 12.5. The van der Waals surface area contributed by atoms with Crippen molar-refractivity contribution in [3.63, 3.8) is 0 Å². The van der Waals surface area contributed by atoms with Gasteiger partial charge in [-0.1, -0.05) is 55.9 Å². The zero-order valence-electron chi connectivity index (χ0n) is 18.0. The van der Waals surface area contributed by atoms with Gasteiger partial charge in [0, 0.05) is 5.33 Å². The summed E-state index contributed by atoms with van der Waals surface area (Å²) in [5.41, 5.74) is 2.39. The van der Waals surface area contributed by atoms with Crippen LogP contribution in [0.5, 0.6) is 0 Å². The number of hydrogen-bond acceptors (Lipinski definition) is 3. The standard InChI is InChI=1S/C21H36N2O2SSi/c1-17(2)9-8-10-18(3)13-16-21(27(5,6)7)22-23-26(24,25)20-14-11-19(4)12-15-20/h9,11-12,14-15,18,23H,8,10,13,16H2,1-7H3/b22-21-. The molecule has 0 aliphatic rings. The highest BCUT2D eigenvalue weighted by molar-refractivity contribution is 7.89. The summed E-state index contributed by atoms with van der Waals surface area (Å²) in [4.78, 5) is 2.72.